The van der Waals surface area contributed by atoms with Gasteiger partial charge in [-0.3, -0.25) is 0 Å². The van der Waals surface area contributed by atoms with Crippen LogP contribution in [0.15, 0.2) is 0 Å². The molecule has 1 aliphatic rings. The fraction of sp³-hybridized carbons (Fsp3) is 1.00. The molecular formula is C10H21NO. The predicted octanol–water partition coefficient (Wildman–Crippen LogP) is 1.94. The second kappa shape index (κ2) is 5.55. The maximum Gasteiger partial charge on any atom is 0.0703 e. The van der Waals surface area contributed by atoms with E-state index in [1.165, 1.54) is 19.4 Å². The highest BCUT2D eigenvalue weighted by atomic mass is 16.5. The number of piperidine rings is 1. The maximum atomic E-state index is 5.93. The molecule has 2 heteroatoms. The highest BCUT2D eigenvalue weighted by molar-refractivity contribution is 4.70. The molecule has 0 radical (unpaired) electrons. The molecule has 0 bridgehead atoms. The molecule has 1 saturated heterocycles. The lowest BCUT2D eigenvalue weighted by atomic mass is 10.1. The van der Waals surface area contributed by atoms with Gasteiger partial charge in [-0.05, 0) is 32.2 Å². The minimum absolute atomic E-state index is 0.476. The van der Waals surface area contributed by atoms with E-state index in [2.05, 4.69) is 19.2 Å². The molecular weight excluding hydrogens is 150 g/mol. The van der Waals surface area contributed by atoms with Crippen LogP contribution in [0.5, 0.6) is 0 Å². The first-order valence-corrected chi connectivity index (χ1v) is 5.23. The zero-order valence-electron chi connectivity index (χ0n) is 8.31. The Morgan fingerprint density at radius 3 is 2.67 bits per heavy atom. The quantitative estimate of drug-likeness (QED) is 0.698. The largest absolute Gasteiger partial charge is 0.374 e. The van der Waals surface area contributed by atoms with Crippen LogP contribution in [0.4, 0.5) is 0 Å². The molecule has 72 valence electrons. The minimum Gasteiger partial charge on any atom is -0.374 e. The van der Waals surface area contributed by atoms with Gasteiger partial charge in [0.15, 0.2) is 0 Å². The third-order valence-electron chi connectivity index (χ3n) is 2.55. The lowest BCUT2D eigenvalue weighted by Gasteiger charge is -2.27. The van der Waals surface area contributed by atoms with Crippen molar-refractivity contribution in [2.45, 2.75) is 51.7 Å². The van der Waals surface area contributed by atoms with Crippen molar-refractivity contribution >= 4 is 0 Å². The van der Waals surface area contributed by atoms with E-state index in [1.807, 2.05) is 0 Å². The summed E-state index contributed by atoms with van der Waals surface area (Å²) in [4.78, 5) is 0. The molecule has 0 spiro atoms. The summed E-state index contributed by atoms with van der Waals surface area (Å²) in [7, 11) is 0. The van der Waals surface area contributed by atoms with Gasteiger partial charge >= 0.3 is 0 Å². The van der Waals surface area contributed by atoms with E-state index in [9.17, 15) is 0 Å². The summed E-state index contributed by atoms with van der Waals surface area (Å²) < 4.78 is 5.93. The van der Waals surface area contributed by atoms with Crippen molar-refractivity contribution in [2.75, 3.05) is 13.1 Å². The third-order valence-corrected chi connectivity index (χ3v) is 2.55. The first-order chi connectivity index (χ1) is 5.86. The molecule has 0 aromatic rings. The molecule has 0 saturated carbocycles. The average molecular weight is 171 g/mol. The van der Waals surface area contributed by atoms with Gasteiger partial charge in [0.2, 0.25) is 0 Å². The van der Waals surface area contributed by atoms with Crippen molar-refractivity contribution in [1.82, 2.24) is 5.32 Å². The molecule has 1 atom stereocenters. The molecule has 0 amide bonds. The molecule has 12 heavy (non-hydrogen) atoms. The number of rotatable bonds is 4. The van der Waals surface area contributed by atoms with Crippen LogP contribution in [0.1, 0.15) is 39.5 Å². The third kappa shape index (κ3) is 3.11. The molecule has 1 heterocycles. The van der Waals surface area contributed by atoms with E-state index < -0.39 is 0 Å². The van der Waals surface area contributed by atoms with Gasteiger partial charge in [-0.2, -0.15) is 0 Å². The zero-order chi connectivity index (χ0) is 8.81. The molecule has 0 aromatic heterocycles. The Morgan fingerprint density at radius 2 is 2.17 bits per heavy atom. The molecule has 1 unspecified atom stereocenters. The van der Waals surface area contributed by atoms with Gasteiger partial charge in [0, 0.05) is 6.54 Å². The molecule has 2 nitrogen and oxygen atoms in total. The highest BCUT2D eigenvalue weighted by Gasteiger charge is 2.16. The van der Waals surface area contributed by atoms with Crippen LogP contribution in [0.25, 0.3) is 0 Å². The van der Waals surface area contributed by atoms with Gasteiger partial charge in [0.05, 0.1) is 12.2 Å². The molecule has 1 aliphatic heterocycles. The SMILES string of the molecule is CCC(CC)OC1CCCNC1. The van der Waals surface area contributed by atoms with Crippen molar-refractivity contribution in [3.05, 3.63) is 0 Å². The average Bonchev–Trinajstić information content (AvgIpc) is 2.16. The monoisotopic (exact) mass is 171 g/mol. The zero-order valence-corrected chi connectivity index (χ0v) is 8.31. The highest BCUT2D eigenvalue weighted by Crippen LogP contribution is 2.12. The maximum absolute atomic E-state index is 5.93. The summed E-state index contributed by atoms with van der Waals surface area (Å²) in [5.41, 5.74) is 0. The molecule has 1 N–H and O–H groups in total. The van der Waals surface area contributed by atoms with E-state index in [-0.39, 0.29) is 0 Å². The van der Waals surface area contributed by atoms with Gasteiger partial charge in [-0.25, -0.2) is 0 Å². The Kier molecular flexibility index (Phi) is 4.62. The number of ether oxygens (including phenoxy) is 1. The molecule has 1 fully saturated rings. The second-order valence-corrected chi connectivity index (χ2v) is 3.54. The van der Waals surface area contributed by atoms with Crippen LogP contribution in [-0.2, 0) is 4.74 Å². The van der Waals surface area contributed by atoms with E-state index in [0.717, 1.165) is 19.4 Å². The Morgan fingerprint density at radius 1 is 1.42 bits per heavy atom. The normalized spacial score (nSPS) is 24.8. The van der Waals surface area contributed by atoms with Crippen molar-refractivity contribution in [1.29, 1.82) is 0 Å². The van der Waals surface area contributed by atoms with Crippen molar-refractivity contribution in [3.8, 4) is 0 Å². The number of hydrogen-bond acceptors (Lipinski definition) is 2. The minimum atomic E-state index is 0.476. The van der Waals surface area contributed by atoms with Gasteiger partial charge in [0.25, 0.3) is 0 Å². The summed E-state index contributed by atoms with van der Waals surface area (Å²) in [5.74, 6) is 0. The number of nitrogens with one attached hydrogen (secondary N) is 1. The summed E-state index contributed by atoms with van der Waals surface area (Å²) >= 11 is 0. The smallest absolute Gasteiger partial charge is 0.0703 e. The molecule has 1 rings (SSSR count). The van der Waals surface area contributed by atoms with Gasteiger partial charge in [0.1, 0.15) is 0 Å². The van der Waals surface area contributed by atoms with Crippen molar-refractivity contribution in [3.63, 3.8) is 0 Å². The van der Waals surface area contributed by atoms with Gasteiger partial charge < -0.3 is 10.1 Å². The number of hydrogen-bond donors (Lipinski definition) is 1. The second-order valence-electron chi connectivity index (χ2n) is 3.54. The van der Waals surface area contributed by atoms with Crippen LogP contribution < -0.4 is 5.32 Å². The summed E-state index contributed by atoms with van der Waals surface area (Å²) in [6.45, 7) is 6.62. The van der Waals surface area contributed by atoms with E-state index in [0.29, 0.717) is 12.2 Å². The Bertz CT molecular complexity index is 106. The first-order valence-electron chi connectivity index (χ1n) is 5.23. The fourth-order valence-corrected chi connectivity index (χ4v) is 1.69. The lowest BCUT2D eigenvalue weighted by molar-refractivity contribution is -0.0258. The van der Waals surface area contributed by atoms with Gasteiger partial charge in [-0.15, -0.1) is 0 Å². The summed E-state index contributed by atoms with van der Waals surface area (Å²) in [6.07, 6.45) is 5.76. The van der Waals surface area contributed by atoms with E-state index in [4.69, 9.17) is 4.74 Å². The van der Waals surface area contributed by atoms with Gasteiger partial charge in [-0.1, -0.05) is 13.8 Å². The Labute approximate surface area is 75.7 Å². The summed E-state index contributed by atoms with van der Waals surface area (Å²) in [6, 6.07) is 0. The van der Waals surface area contributed by atoms with Crippen LogP contribution >= 0.6 is 0 Å². The van der Waals surface area contributed by atoms with E-state index in [1.54, 1.807) is 0 Å². The Balaban J connectivity index is 2.18. The van der Waals surface area contributed by atoms with Crippen LogP contribution in [-0.4, -0.2) is 25.3 Å². The topological polar surface area (TPSA) is 21.3 Å². The van der Waals surface area contributed by atoms with E-state index >= 15 is 0 Å². The van der Waals surface area contributed by atoms with Crippen LogP contribution in [0.2, 0.25) is 0 Å². The van der Waals surface area contributed by atoms with Crippen molar-refractivity contribution < 1.29 is 4.74 Å². The lowest BCUT2D eigenvalue weighted by Crippen LogP contribution is -2.37. The fourth-order valence-electron chi connectivity index (χ4n) is 1.69. The summed E-state index contributed by atoms with van der Waals surface area (Å²) in [5, 5.41) is 3.36. The Hall–Kier alpha value is -0.0800. The molecule has 0 aromatic carbocycles. The first kappa shape index (κ1) is 10.0. The van der Waals surface area contributed by atoms with Crippen LogP contribution in [0.3, 0.4) is 0 Å². The van der Waals surface area contributed by atoms with Crippen molar-refractivity contribution in [2.24, 2.45) is 0 Å². The predicted molar refractivity (Wildman–Crippen MR) is 51.3 cm³/mol. The molecule has 0 aliphatic carbocycles. The standard InChI is InChI=1S/C10H21NO/c1-3-9(4-2)12-10-6-5-7-11-8-10/h9-11H,3-8H2,1-2H3. The van der Waals surface area contributed by atoms with Crippen LogP contribution in [0, 0.1) is 0 Å².